The minimum atomic E-state index is -0.653. The number of nitrogens with zero attached hydrogens (tertiary/aromatic N) is 3. The minimum absolute atomic E-state index is 0.222. The Morgan fingerprint density at radius 3 is 2.68 bits per heavy atom. The Bertz CT molecular complexity index is 956. The van der Waals surface area contributed by atoms with E-state index in [4.69, 9.17) is 9.47 Å². The molecule has 3 rings (SSSR count). The number of nitrogens with one attached hydrogen (secondary N) is 2. The number of H-pyrrole nitrogens is 1. The molecule has 1 heterocycles. The van der Waals surface area contributed by atoms with Crippen molar-refractivity contribution in [1.82, 2.24) is 20.6 Å². The Hall–Kier alpha value is -3.42. The fourth-order valence-corrected chi connectivity index (χ4v) is 2.99. The van der Waals surface area contributed by atoms with Gasteiger partial charge < -0.3 is 14.8 Å². The Balaban J connectivity index is 1.92. The van der Waals surface area contributed by atoms with Crippen LogP contribution in [0.5, 0.6) is 11.5 Å². The van der Waals surface area contributed by atoms with Gasteiger partial charge in [0.2, 0.25) is 5.91 Å². The molecule has 0 saturated heterocycles. The fraction of sp³-hybridized carbons (Fsp3) is 0.300. The number of rotatable bonds is 7. The molecule has 1 atom stereocenters. The summed E-state index contributed by atoms with van der Waals surface area (Å²) in [7, 11) is 3.18. The zero-order valence-electron chi connectivity index (χ0n) is 16.3. The third-order valence-corrected chi connectivity index (χ3v) is 4.76. The first kappa shape index (κ1) is 19.3. The number of methoxy groups -OCH3 is 2. The molecule has 0 aliphatic rings. The molecule has 2 N–H and O–H groups in total. The Labute approximate surface area is 163 Å². The van der Waals surface area contributed by atoms with Crippen LogP contribution in [0.4, 0.5) is 5.69 Å². The van der Waals surface area contributed by atoms with Gasteiger partial charge >= 0.3 is 0 Å². The maximum Gasteiger partial charge on any atom is 0.235 e. The summed E-state index contributed by atoms with van der Waals surface area (Å²) >= 11 is 0. The molecule has 8 nitrogen and oxygen atoms in total. The van der Waals surface area contributed by atoms with Crippen LogP contribution in [0.1, 0.15) is 28.4 Å². The predicted octanol–water partition coefficient (Wildman–Crippen LogP) is 2.80. The molecule has 0 radical (unpaired) electrons. The summed E-state index contributed by atoms with van der Waals surface area (Å²) in [4.78, 5) is 13.1. The lowest BCUT2D eigenvalue weighted by atomic mass is 9.96. The van der Waals surface area contributed by atoms with Crippen molar-refractivity contribution < 1.29 is 14.3 Å². The van der Waals surface area contributed by atoms with E-state index in [-0.39, 0.29) is 5.91 Å². The molecule has 3 aromatic rings. The normalized spacial score (nSPS) is 11.7. The van der Waals surface area contributed by atoms with Gasteiger partial charge in [-0.2, -0.15) is 5.21 Å². The van der Waals surface area contributed by atoms with Crippen LogP contribution >= 0.6 is 0 Å². The van der Waals surface area contributed by atoms with Crippen molar-refractivity contribution in [2.24, 2.45) is 0 Å². The maximum absolute atomic E-state index is 13.1. The van der Waals surface area contributed by atoms with Crippen LogP contribution in [0.3, 0.4) is 0 Å². The van der Waals surface area contributed by atoms with E-state index in [1.165, 1.54) is 0 Å². The maximum atomic E-state index is 13.1. The number of tetrazole rings is 1. The highest BCUT2D eigenvalue weighted by Gasteiger charge is 2.27. The third kappa shape index (κ3) is 4.11. The van der Waals surface area contributed by atoms with Crippen molar-refractivity contribution >= 4 is 11.6 Å². The second kappa shape index (κ2) is 8.51. The first-order valence-electron chi connectivity index (χ1n) is 8.84. The van der Waals surface area contributed by atoms with Gasteiger partial charge in [0.25, 0.3) is 0 Å². The zero-order chi connectivity index (χ0) is 20.1. The molecule has 28 heavy (non-hydrogen) atoms. The van der Waals surface area contributed by atoms with Gasteiger partial charge in [-0.3, -0.25) is 4.79 Å². The fourth-order valence-electron chi connectivity index (χ4n) is 2.99. The van der Waals surface area contributed by atoms with E-state index in [9.17, 15) is 4.79 Å². The van der Waals surface area contributed by atoms with Crippen molar-refractivity contribution in [2.45, 2.75) is 26.2 Å². The number of hydrogen-bond donors (Lipinski definition) is 2. The Morgan fingerprint density at radius 2 is 2.00 bits per heavy atom. The van der Waals surface area contributed by atoms with Gasteiger partial charge in [0.1, 0.15) is 17.4 Å². The van der Waals surface area contributed by atoms with Crippen LogP contribution in [0.2, 0.25) is 0 Å². The number of aromatic amines is 1. The minimum Gasteiger partial charge on any atom is -0.497 e. The molecule has 1 aromatic heterocycles. The molecule has 0 spiro atoms. The molecule has 1 amide bonds. The van der Waals surface area contributed by atoms with Crippen molar-refractivity contribution in [3.05, 3.63) is 58.9 Å². The monoisotopic (exact) mass is 381 g/mol. The molecule has 0 aliphatic carbocycles. The highest BCUT2D eigenvalue weighted by atomic mass is 16.5. The predicted molar refractivity (Wildman–Crippen MR) is 105 cm³/mol. The molecule has 0 saturated carbocycles. The molecule has 0 aliphatic heterocycles. The molecule has 0 bridgehead atoms. The summed E-state index contributed by atoms with van der Waals surface area (Å²) in [5.41, 5.74) is 3.69. The number of ether oxygens (including phenoxy) is 2. The van der Waals surface area contributed by atoms with Gasteiger partial charge in [0.15, 0.2) is 5.82 Å². The van der Waals surface area contributed by atoms with E-state index in [0.717, 1.165) is 22.4 Å². The van der Waals surface area contributed by atoms with E-state index in [1.54, 1.807) is 14.2 Å². The van der Waals surface area contributed by atoms with Crippen LogP contribution in [0, 0.1) is 13.8 Å². The standard InChI is InChI=1S/C20H23N5O3/c1-12-6-5-7-17(13(12)2)21-20(26)16(19-22-24-25-23-19)11-14-10-15(27-3)8-9-18(14)28-4/h5-10,16H,11H2,1-4H3,(H,21,26)(H,22,23,24,25)/t16-/m1/s1. The first-order valence-corrected chi connectivity index (χ1v) is 8.84. The van der Waals surface area contributed by atoms with Crippen LogP contribution < -0.4 is 14.8 Å². The van der Waals surface area contributed by atoms with Gasteiger partial charge in [-0.1, -0.05) is 17.3 Å². The summed E-state index contributed by atoms with van der Waals surface area (Å²) in [6.45, 7) is 3.97. The van der Waals surface area contributed by atoms with Crippen LogP contribution in [-0.4, -0.2) is 40.8 Å². The summed E-state index contributed by atoms with van der Waals surface area (Å²) in [6, 6.07) is 11.2. The largest absolute Gasteiger partial charge is 0.497 e. The Kier molecular flexibility index (Phi) is 5.88. The second-order valence-electron chi connectivity index (χ2n) is 6.44. The van der Waals surface area contributed by atoms with Gasteiger partial charge in [-0.15, -0.1) is 10.2 Å². The second-order valence-corrected chi connectivity index (χ2v) is 6.44. The molecular weight excluding hydrogens is 358 g/mol. The van der Waals surface area contributed by atoms with Crippen molar-refractivity contribution in [3.63, 3.8) is 0 Å². The number of anilines is 1. The van der Waals surface area contributed by atoms with E-state index >= 15 is 0 Å². The van der Waals surface area contributed by atoms with E-state index in [2.05, 4.69) is 25.9 Å². The van der Waals surface area contributed by atoms with E-state index in [1.807, 2.05) is 50.2 Å². The van der Waals surface area contributed by atoms with Gasteiger partial charge in [0, 0.05) is 5.69 Å². The van der Waals surface area contributed by atoms with Crippen molar-refractivity contribution in [1.29, 1.82) is 0 Å². The highest BCUT2D eigenvalue weighted by molar-refractivity contribution is 5.96. The first-order chi connectivity index (χ1) is 13.5. The summed E-state index contributed by atoms with van der Waals surface area (Å²) in [5, 5.41) is 17.1. The molecule has 146 valence electrons. The molecule has 0 unspecified atom stereocenters. The third-order valence-electron chi connectivity index (χ3n) is 4.76. The molecule has 2 aromatic carbocycles. The number of aryl methyl sites for hydroxylation is 1. The van der Waals surface area contributed by atoms with E-state index in [0.29, 0.717) is 23.7 Å². The Morgan fingerprint density at radius 1 is 1.18 bits per heavy atom. The number of aromatic nitrogens is 4. The van der Waals surface area contributed by atoms with Gasteiger partial charge in [-0.25, -0.2) is 0 Å². The summed E-state index contributed by atoms with van der Waals surface area (Å²) in [5.74, 6) is 0.777. The lowest BCUT2D eigenvalue weighted by Crippen LogP contribution is -2.25. The lowest BCUT2D eigenvalue weighted by Gasteiger charge is -2.17. The quantitative estimate of drug-likeness (QED) is 0.652. The van der Waals surface area contributed by atoms with Crippen molar-refractivity contribution in [2.75, 3.05) is 19.5 Å². The van der Waals surface area contributed by atoms with E-state index < -0.39 is 5.92 Å². The van der Waals surface area contributed by atoms with Crippen LogP contribution in [-0.2, 0) is 11.2 Å². The van der Waals surface area contributed by atoms with Crippen LogP contribution in [0.15, 0.2) is 36.4 Å². The van der Waals surface area contributed by atoms with Gasteiger partial charge in [0.05, 0.1) is 14.2 Å². The molecule has 0 fully saturated rings. The number of carbonyl (C=O) groups excluding carboxylic acids is 1. The number of carbonyl (C=O) groups is 1. The van der Waals surface area contributed by atoms with Gasteiger partial charge in [-0.05, 0) is 61.2 Å². The van der Waals surface area contributed by atoms with Crippen LogP contribution in [0.25, 0.3) is 0 Å². The number of hydrogen-bond acceptors (Lipinski definition) is 6. The number of amides is 1. The summed E-state index contributed by atoms with van der Waals surface area (Å²) in [6.07, 6.45) is 0.330. The number of benzene rings is 2. The van der Waals surface area contributed by atoms with Crippen molar-refractivity contribution in [3.8, 4) is 11.5 Å². The smallest absolute Gasteiger partial charge is 0.235 e. The average Bonchev–Trinajstić information content (AvgIpc) is 3.23. The topological polar surface area (TPSA) is 102 Å². The lowest BCUT2D eigenvalue weighted by molar-refractivity contribution is -0.117. The average molecular weight is 381 g/mol. The highest BCUT2D eigenvalue weighted by Crippen LogP contribution is 2.30. The SMILES string of the molecule is COc1ccc(OC)c(C[C@@H](C(=O)Nc2cccc(C)c2C)c2nn[nH]n2)c1. The summed E-state index contributed by atoms with van der Waals surface area (Å²) < 4.78 is 10.8. The zero-order valence-corrected chi connectivity index (χ0v) is 16.3. The molecular formula is C20H23N5O3. The molecule has 8 heteroatoms.